The molecule has 1 unspecified atom stereocenters. The van der Waals surface area contributed by atoms with Crippen molar-refractivity contribution in [3.8, 4) is 0 Å². The van der Waals surface area contributed by atoms with E-state index in [9.17, 15) is 14.5 Å². The van der Waals surface area contributed by atoms with E-state index in [1.807, 2.05) is 0 Å². The summed E-state index contributed by atoms with van der Waals surface area (Å²) >= 11 is 0. The van der Waals surface area contributed by atoms with Gasteiger partial charge < -0.3 is 5.32 Å². The Morgan fingerprint density at radius 1 is 1.52 bits per heavy atom. The van der Waals surface area contributed by atoms with Crippen LogP contribution in [0.4, 0.5) is 10.1 Å². The molecule has 0 radical (unpaired) electrons. The number of nitrogens with one attached hydrogen (secondary N) is 1. The van der Waals surface area contributed by atoms with Gasteiger partial charge in [0, 0.05) is 25.2 Å². The van der Waals surface area contributed by atoms with E-state index >= 15 is 0 Å². The topological polar surface area (TPSA) is 58.4 Å². The van der Waals surface area contributed by atoms with Crippen molar-refractivity contribution >= 4 is 5.69 Å². The summed E-state index contributed by atoms with van der Waals surface area (Å²) in [6.07, 6.45) is 3.33. The third kappa shape index (κ3) is 4.22. The van der Waals surface area contributed by atoms with E-state index in [1.54, 1.807) is 6.07 Å². The smallest absolute Gasteiger partial charge is 0.304 e. The molecule has 1 N–H and O–H groups in total. The van der Waals surface area contributed by atoms with Crippen LogP contribution >= 0.6 is 0 Å². The molecule has 0 amide bonds. The molecule has 1 aromatic rings. The van der Waals surface area contributed by atoms with Gasteiger partial charge in [0.25, 0.3) is 0 Å². The lowest BCUT2D eigenvalue weighted by Crippen LogP contribution is -2.45. The fourth-order valence-electron chi connectivity index (χ4n) is 2.85. The Labute approximate surface area is 124 Å². The fourth-order valence-corrected chi connectivity index (χ4v) is 2.85. The van der Waals surface area contributed by atoms with E-state index in [0.29, 0.717) is 12.6 Å². The summed E-state index contributed by atoms with van der Waals surface area (Å²) in [6.45, 7) is 5.72. The minimum Gasteiger partial charge on any atom is -0.315 e. The van der Waals surface area contributed by atoms with Crippen molar-refractivity contribution in [2.45, 2.75) is 38.8 Å². The van der Waals surface area contributed by atoms with E-state index < -0.39 is 16.4 Å². The molecule has 1 aliphatic rings. The Bertz CT molecular complexity index is 490. The summed E-state index contributed by atoms with van der Waals surface area (Å²) in [5.41, 5.74) is 0.331. The van der Waals surface area contributed by atoms with Gasteiger partial charge in [0.2, 0.25) is 5.82 Å². The highest BCUT2D eigenvalue weighted by Crippen LogP contribution is 2.21. The highest BCUT2D eigenvalue weighted by atomic mass is 19.1. The summed E-state index contributed by atoms with van der Waals surface area (Å²) < 4.78 is 13.7. The SMILES string of the molecule is CCCN(Cc1ccc([N+](=O)[O-])c(F)c1)C1CCCNC1. The fraction of sp³-hybridized carbons (Fsp3) is 0.600. The zero-order chi connectivity index (χ0) is 15.2. The minimum atomic E-state index is -0.754. The molecule has 0 bridgehead atoms. The van der Waals surface area contributed by atoms with Gasteiger partial charge in [-0.05, 0) is 44.0 Å². The van der Waals surface area contributed by atoms with Crippen LogP contribution in [0.3, 0.4) is 0 Å². The van der Waals surface area contributed by atoms with Crippen molar-refractivity contribution in [1.29, 1.82) is 0 Å². The van der Waals surface area contributed by atoms with Crippen molar-refractivity contribution in [2.75, 3.05) is 19.6 Å². The molecule has 2 rings (SSSR count). The Morgan fingerprint density at radius 2 is 2.33 bits per heavy atom. The maximum Gasteiger partial charge on any atom is 0.304 e. The van der Waals surface area contributed by atoms with Gasteiger partial charge in [-0.2, -0.15) is 4.39 Å². The van der Waals surface area contributed by atoms with Crippen LogP contribution < -0.4 is 5.32 Å². The van der Waals surface area contributed by atoms with Crippen LogP contribution in [0, 0.1) is 15.9 Å². The predicted molar refractivity (Wildman–Crippen MR) is 79.6 cm³/mol. The third-order valence-electron chi connectivity index (χ3n) is 3.89. The number of halogens is 1. The molecule has 1 atom stereocenters. The number of rotatable bonds is 6. The second-order valence-corrected chi connectivity index (χ2v) is 5.51. The summed E-state index contributed by atoms with van der Waals surface area (Å²) in [5, 5.41) is 14.0. The Morgan fingerprint density at radius 3 is 2.90 bits per heavy atom. The lowest BCUT2D eigenvalue weighted by molar-refractivity contribution is -0.387. The minimum absolute atomic E-state index is 0.456. The van der Waals surface area contributed by atoms with Gasteiger partial charge in [-0.15, -0.1) is 0 Å². The highest BCUT2D eigenvalue weighted by molar-refractivity contribution is 5.35. The van der Waals surface area contributed by atoms with E-state index in [-0.39, 0.29) is 0 Å². The van der Waals surface area contributed by atoms with Crippen molar-refractivity contribution in [2.24, 2.45) is 0 Å². The van der Waals surface area contributed by atoms with Crippen LogP contribution in [-0.2, 0) is 6.54 Å². The van der Waals surface area contributed by atoms with E-state index in [0.717, 1.165) is 44.5 Å². The molecule has 0 spiro atoms. The van der Waals surface area contributed by atoms with Crippen LogP contribution in [0.5, 0.6) is 0 Å². The first-order valence-electron chi connectivity index (χ1n) is 7.49. The van der Waals surface area contributed by atoms with E-state index in [1.165, 1.54) is 12.1 Å². The maximum absolute atomic E-state index is 13.7. The number of nitrogens with zero attached hydrogens (tertiary/aromatic N) is 2. The van der Waals surface area contributed by atoms with Crippen LogP contribution in [0.15, 0.2) is 18.2 Å². The van der Waals surface area contributed by atoms with Gasteiger partial charge >= 0.3 is 5.69 Å². The monoisotopic (exact) mass is 295 g/mol. The predicted octanol–water partition coefficient (Wildman–Crippen LogP) is 2.70. The van der Waals surface area contributed by atoms with Gasteiger partial charge in [0.15, 0.2) is 0 Å². The Hall–Kier alpha value is -1.53. The molecule has 5 nitrogen and oxygen atoms in total. The van der Waals surface area contributed by atoms with Crippen LogP contribution in [-0.4, -0.2) is 35.5 Å². The second-order valence-electron chi connectivity index (χ2n) is 5.51. The van der Waals surface area contributed by atoms with Crippen molar-refractivity contribution in [3.63, 3.8) is 0 Å². The summed E-state index contributed by atoms with van der Waals surface area (Å²) in [6, 6.07) is 4.66. The molecule has 21 heavy (non-hydrogen) atoms. The third-order valence-corrected chi connectivity index (χ3v) is 3.89. The molecule has 6 heteroatoms. The molecule has 0 saturated carbocycles. The van der Waals surface area contributed by atoms with Crippen LogP contribution in [0.1, 0.15) is 31.7 Å². The molecule has 0 aliphatic carbocycles. The normalized spacial score (nSPS) is 18.9. The van der Waals surface area contributed by atoms with Gasteiger partial charge in [-0.3, -0.25) is 15.0 Å². The molecule has 116 valence electrons. The maximum atomic E-state index is 13.7. The molecular weight excluding hydrogens is 273 g/mol. The Kier molecular flexibility index (Phi) is 5.64. The molecule has 1 heterocycles. The first kappa shape index (κ1) is 15.9. The second kappa shape index (κ2) is 7.47. The molecule has 1 fully saturated rings. The number of nitro groups is 1. The van der Waals surface area contributed by atoms with Crippen molar-refractivity contribution < 1.29 is 9.31 Å². The molecule has 1 aliphatic heterocycles. The van der Waals surface area contributed by atoms with Crippen LogP contribution in [0.25, 0.3) is 0 Å². The number of hydrogen-bond acceptors (Lipinski definition) is 4. The summed E-state index contributed by atoms with van der Waals surface area (Å²) in [7, 11) is 0. The van der Waals surface area contributed by atoms with Crippen LogP contribution in [0.2, 0.25) is 0 Å². The molecule has 1 saturated heterocycles. The van der Waals surface area contributed by atoms with Crippen molar-refractivity contribution in [3.05, 3.63) is 39.7 Å². The van der Waals surface area contributed by atoms with Gasteiger partial charge in [-0.25, -0.2) is 0 Å². The average Bonchev–Trinajstić information content (AvgIpc) is 2.47. The van der Waals surface area contributed by atoms with E-state index in [2.05, 4.69) is 17.1 Å². The number of hydrogen-bond donors (Lipinski definition) is 1. The van der Waals surface area contributed by atoms with Gasteiger partial charge in [-0.1, -0.05) is 13.0 Å². The zero-order valence-corrected chi connectivity index (χ0v) is 12.3. The number of benzene rings is 1. The lowest BCUT2D eigenvalue weighted by Gasteiger charge is -2.34. The average molecular weight is 295 g/mol. The van der Waals surface area contributed by atoms with Gasteiger partial charge in [0.05, 0.1) is 4.92 Å². The first-order valence-corrected chi connectivity index (χ1v) is 7.49. The lowest BCUT2D eigenvalue weighted by atomic mass is 10.0. The molecular formula is C15H22FN3O2. The number of piperidine rings is 1. The standard InChI is InChI=1S/C15H22FN3O2/c1-2-8-18(13-4-3-7-17-10-13)11-12-5-6-15(19(20)21)14(16)9-12/h5-6,9,13,17H,2-4,7-8,10-11H2,1H3. The first-order chi connectivity index (χ1) is 10.1. The summed E-state index contributed by atoms with van der Waals surface area (Å²) in [4.78, 5) is 12.3. The largest absolute Gasteiger partial charge is 0.315 e. The Balaban J connectivity index is 2.09. The highest BCUT2D eigenvalue weighted by Gasteiger charge is 2.21. The summed E-state index contributed by atoms with van der Waals surface area (Å²) in [5.74, 6) is -0.754. The van der Waals surface area contributed by atoms with Gasteiger partial charge in [0.1, 0.15) is 0 Å². The van der Waals surface area contributed by atoms with Crippen molar-refractivity contribution in [1.82, 2.24) is 10.2 Å². The zero-order valence-electron chi connectivity index (χ0n) is 12.3. The molecule has 1 aromatic carbocycles. The van der Waals surface area contributed by atoms with E-state index in [4.69, 9.17) is 0 Å². The quantitative estimate of drug-likeness (QED) is 0.647. The number of nitro benzene ring substituents is 1. The molecule has 0 aromatic heterocycles.